The van der Waals surface area contributed by atoms with E-state index in [1.807, 2.05) is 12.3 Å². The Morgan fingerprint density at radius 2 is 1.93 bits per heavy atom. The second kappa shape index (κ2) is 3.08. The highest BCUT2D eigenvalue weighted by atomic mass is 127. The summed E-state index contributed by atoms with van der Waals surface area (Å²) in [5.41, 5.74) is 1.83. The van der Waals surface area contributed by atoms with Crippen LogP contribution in [0.1, 0.15) is 25.7 Å². The first-order chi connectivity index (χ1) is 6.71. The minimum absolute atomic E-state index is 0.473. The minimum Gasteiger partial charge on any atom is -0.316 e. The van der Waals surface area contributed by atoms with Crippen molar-refractivity contribution in [3.63, 3.8) is 0 Å². The number of halogens is 1. The number of aromatic nitrogens is 2. The Morgan fingerprint density at radius 3 is 2.29 bits per heavy atom. The first-order valence-corrected chi connectivity index (χ1v) is 7.84. The van der Waals surface area contributed by atoms with Crippen molar-refractivity contribution >= 4 is 35.4 Å². The van der Waals surface area contributed by atoms with Gasteiger partial charge in [-0.25, -0.2) is 2.90 Å². The van der Waals surface area contributed by atoms with Gasteiger partial charge < -0.3 is 4.57 Å². The van der Waals surface area contributed by atoms with Crippen LogP contribution in [-0.2, 0) is 4.57 Å². The van der Waals surface area contributed by atoms with Crippen molar-refractivity contribution in [3.05, 3.63) is 12.3 Å². The van der Waals surface area contributed by atoms with E-state index in [1.54, 1.807) is 2.90 Å². The van der Waals surface area contributed by atoms with E-state index in [4.69, 9.17) is 0 Å². The summed E-state index contributed by atoms with van der Waals surface area (Å²) in [5.74, 6) is 0. The van der Waals surface area contributed by atoms with Gasteiger partial charge in [0.05, 0.1) is 22.9 Å². The number of hydrogen-bond acceptors (Lipinski definition) is 2. The topological polar surface area (TPSA) is 34.9 Å². The predicted molar refractivity (Wildman–Crippen MR) is 64.9 cm³/mol. The van der Waals surface area contributed by atoms with Crippen LogP contribution >= 0.6 is 30.0 Å². The van der Waals surface area contributed by atoms with Gasteiger partial charge >= 0.3 is 0 Å². The second-order valence-corrected chi connectivity index (χ2v) is 8.56. The molecule has 1 aromatic rings. The summed E-state index contributed by atoms with van der Waals surface area (Å²) >= 11 is 2.11. The highest BCUT2D eigenvalue weighted by Gasteiger charge is 2.52. The SMILES string of the molecule is O=P(c1ccn(I)n1)(C1CC1)C1CC1. The Hall–Kier alpha value is 0.170. The Balaban J connectivity index is 2.02. The molecule has 2 fully saturated rings. The van der Waals surface area contributed by atoms with Crippen LogP contribution in [0.2, 0.25) is 0 Å². The Kier molecular flexibility index (Phi) is 2.07. The summed E-state index contributed by atoms with van der Waals surface area (Å²) < 4.78 is 14.6. The standard InChI is InChI=1S/C9H12IN2OP/c10-12-6-5-9(11-12)14(13,7-1-2-7)8-3-4-8/h5-8H,1-4H2. The lowest BCUT2D eigenvalue weighted by molar-refractivity contribution is 0.578. The predicted octanol–water partition coefficient (Wildman–Crippen LogP) is 2.39. The van der Waals surface area contributed by atoms with E-state index in [2.05, 4.69) is 28.0 Å². The van der Waals surface area contributed by atoms with Gasteiger partial charge in [-0.3, -0.25) is 0 Å². The van der Waals surface area contributed by atoms with Gasteiger partial charge in [0.25, 0.3) is 0 Å². The Labute approximate surface area is 97.1 Å². The lowest BCUT2D eigenvalue weighted by Crippen LogP contribution is -2.13. The van der Waals surface area contributed by atoms with E-state index < -0.39 is 7.14 Å². The zero-order valence-electron chi connectivity index (χ0n) is 7.77. The van der Waals surface area contributed by atoms with E-state index in [0.717, 1.165) is 31.1 Å². The van der Waals surface area contributed by atoms with Crippen LogP contribution in [0.4, 0.5) is 0 Å². The van der Waals surface area contributed by atoms with Crippen molar-refractivity contribution in [1.29, 1.82) is 0 Å². The second-order valence-electron chi connectivity index (χ2n) is 4.23. The van der Waals surface area contributed by atoms with Gasteiger partial charge in [-0.2, -0.15) is 5.10 Å². The molecule has 0 N–H and O–H groups in total. The molecule has 0 amide bonds. The smallest absolute Gasteiger partial charge is 0.140 e. The molecular weight excluding hydrogens is 310 g/mol. The van der Waals surface area contributed by atoms with Crippen molar-refractivity contribution < 1.29 is 4.57 Å². The average Bonchev–Trinajstić information content (AvgIpc) is 3.01. The van der Waals surface area contributed by atoms with E-state index in [-0.39, 0.29) is 0 Å². The molecule has 5 heteroatoms. The summed E-state index contributed by atoms with van der Waals surface area (Å²) in [6.07, 6.45) is 6.51. The summed E-state index contributed by atoms with van der Waals surface area (Å²) in [4.78, 5) is 0. The van der Waals surface area contributed by atoms with Crippen LogP contribution in [0.15, 0.2) is 12.3 Å². The first-order valence-electron chi connectivity index (χ1n) is 5.03. The molecule has 0 aliphatic heterocycles. The van der Waals surface area contributed by atoms with Crippen LogP contribution < -0.4 is 5.44 Å². The first kappa shape index (κ1) is 9.40. The highest BCUT2D eigenvalue weighted by molar-refractivity contribution is 14.1. The van der Waals surface area contributed by atoms with Gasteiger partial charge in [0.2, 0.25) is 0 Å². The van der Waals surface area contributed by atoms with Gasteiger partial charge in [-0.05, 0) is 31.7 Å². The molecular formula is C9H12IN2OP. The Bertz CT molecular complexity index is 393. The third kappa shape index (κ3) is 1.38. The van der Waals surface area contributed by atoms with Gasteiger partial charge in [0.1, 0.15) is 12.6 Å². The molecule has 0 unspecified atom stereocenters. The quantitative estimate of drug-likeness (QED) is 0.633. The molecule has 3 rings (SSSR count). The lowest BCUT2D eigenvalue weighted by atomic mass is 10.8. The largest absolute Gasteiger partial charge is 0.316 e. The summed E-state index contributed by atoms with van der Waals surface area (Å²) in [6, 6.07) is 1.95. The monoisotopic (exact) mass is 322 g/mol. The molecule has 1 aromatic heterocycles. The molecule has 76 valence electrons. The number of rotatable bonds is 3. The molecule has 0 aromatic carbocycles. The molecule has 2 saturated carbocycles. The number of nitrogens with zero attached hydrogens (tertiary/aromatic N) is 2. The Morgan fingerprint density at radius 1 is 1.36 bits per heavy atom. The molecule has 1 heterocycles. The van der Waals surface area contributed by atoms with Crippen molar-refractivity contribution in [2.45, 2.75) is 37.0 Å². The minimum atomic E-state index is -2.11. The highest BCUT2D eigenvalue weighted by Crippen LogP contribution is 2.69. The zero-order valence-corrected chi connectivity index (χ0v) is 10.8. The van der Waals surface area contributed by atoms with Crippen LogP contribution in [0, 0.1) is 0 Å². The van der Waals surface area contributed by atoms with Crippen LogP contribution in [-0.4, -0.2) is 19.3 Å². The van der Waals surface area contributed by atoms with Crippen molar-refractivity contribution in [2.24, 2.45) is 0 Å². The molecule has 2 aliphatic rings. The summed E-state index contributed by atoms with van der Waals surface area (Å²) in [6.45, 7) is 0. The van der Waals surface area contributed by atoms with E-state index in [0.29, 0.717) is 11.3 Å². The fourth-order valence-electron chi connectivity index (χ4n) is 2.07. The maximum Gasteiger partial charge on any atom is 0.140 e. The van der Waals surface area contributed by atoms with Crippen molar-refractivity contribution in [1.82, 2.24) is 7.99 Å². The normalized spacial score (nSPS) is 22.6. The fourth-order valence-corrected chi connectivity index (χ4v) is 6.34. The molecule has 0 bridgehead atoms. The average molecular weight is 322 g/mol. The maximum absolute atomic E-state index is 12.9. The van der Waals surface area contributed by atoms with Gasteiger partial charge in [-0.15, -0.1) is 0 Å². The van der Waals surface area contributed by atoms with E-state index in [9.17, 15) is 4.57 Å². The van der Waals surface area contributed by atoms with Gasteiger partial charge in [0.15, 0.2) is 0 Å². The number of hydrogen-bond donors (Lipinski definition) is 0. The molecule has 3 nitrogen and oxygen atoms in total. The van der Waals surface area contributed by atoms with E-state index in [1.165, 1.54) is 0 Å². The molecule has 0 atom stereocenters. The molecule has 0 radical (unpaired) electrons. The van der Waals surface area contributed by atoms with Crippen LogP contribution in [0.25, 0.3) is 0 Å². The third-order valence-corrected chi connectivity index (χ3v) is 7.78. The molecule has 2 aliphatic carbocycles. The van der Waals surface area contributed by atoms with Crippen LogP contribution in [0.3, 0.4) is 0 Å². The molecule has 0 spiro atoms. The molecule has 14 heavy (non-hydrogen) atoms. The van der Waals surface area contributed by atoms with Crippen molar-refractivity contribution in [2.75, 3.05) is 0 Å². The fraction of sp³-hybridized carbons (Fsp3) is 0.667. The van der Waals surface area contributed by atoms with Gasteiger partial charge in [0, 0.05) is 17.5 Å². The summed E-state index contributed by atoms with van der Waals surface area (Å²) in [5, 5.41) is 4.35. The summed E-state index contributed by atoms with van der Waals surface area (Å²) in [7, 11) is -2.11. The molecule has 0 saturated heterocycles. The lowest BCUT2D eigenvalue weighted by Gasteiger charge is -2.13. The maximum atomic E-state index is 12.9. The van der Waals surface area contributed by atoms with Gasteiger partial charge in [-0.1, -0.05) is 0 Å². The third-order valence-electron chi connectivity index (χ3n) is 3.08. The van der Waals surface area contributed by atoms with Crippen molar-refractivity contribution in [3.8, 4) is 0 Å². The zero-order chi connectivity index (χ0) is 9.76. The van der Waals surface area contributed by atoms with Crippen LogP contribution in [0.5, 0.6) is 0 Å². The van der Waals surface area contributed by atoms with E-state index >= 15 is 0 Å².